The topological polar surface area (TPSA) is 0 Å². The SMILES string of the molecule is [Cl-].[Ga+3].[I-].[I-]. The summed E-state index contributed by atoms with van der Waals surface area (Å²) in [5, 5.41) is 0. The van der Waals surface area contributed by atoms with E-state index >= 15 is 0 Å². The number of hydrogen-bond acceptors (Lipinski definition) is 0. The van der Waals surface area contributed by atoms with E-state index in [1.54, 1.807) is 0 Å². The molecule has 0 aliphatic rings. The molecule has 0 aliphatic heterocycles. The van der Waals surface area contributed by atoms with Gasteiger partial charge >= 0.3 is 19.8 Å². The Morgan fingerprint density at radius 3 is 0.750 bits per heavy atom. The van der Waals surface area contributed by atoms with Gasteiger partial charge in [0.05, 0.1) is 0 Å². The monoisotopic (exact) mass is 358 g/mol. The van der Waals surface area contributed by atoms with E-state index in [0.717, 1.165) is 0 Å². The first-order chi connectivity index (χ1) is 0. The van der Waals surface area contributed by atoms with Crippen molar-refractivity contribution < 1.29 is 60.4 Å². The minimum Gasteiger partial charge on any atom is -1.00 e. The summed E-state index contributed by atoms with van der Waals surface area (Å²) in [4.78, 5) is 0. The molecule has 0 atom stereocenters. The predicted octanol–water partition coefficient (Wildman–Crippen LogP) is -9.37. The van der Waals surface area contributed by atoms with Crippen LogP contribution in [0.1, 0.15) is 0 Å². The van der Waals surface area contributed by atoms with Crippen molar-refractivity contribution in [3.63, 3.8) is 0 Å². The van der Waals surface area contributed by atoms with Gasteiger partial charge < -0.3 is 60.4 Å². The molecule has 0 unspecified atom stereocenters. The maximum atomic E-state index is 0. The van der Waals surface area contributed by atoms with Gasteiger partial charge in [0.1, 0.15) is 0 Å². The molecule has 0 radical (unpaired) electrons. The van der Waals surface area contributed by atoms with E-state index in [-0.39, 0.29) is 80.2 Å². The van der Waals surface area contributed by atoms with Gasteiger partial charge in [0.2, 0.25) is 0 Å². The summed E-state index contributed by atoms with van der Waals surface area (Å²) in [6, 6.07) is 0. The van der Waals surface area contributed by atoms with Crippen molar-refractivity contribution in [1.82, 2.24) is 0 Å². The van der Waals surface area contributed by atoms with Crippen LogP contribution in [-0.2, 0) is 0 Å². The molecule has 0 N–H and O–H groups in total. The molecule has 0 bridgehead atoms. The Bertz CT molecular complexity index is 6.00. The third kappa shape index (κ3) is 8.83. The van der Waals surface area contributed by atoms with Gasteiger partial charge in [-0.25, -0.2) is 0 Å². The first-order valence-electron chi connectivity index (χ1n) is 0. The smallest absolute Gasteiger partial charge is 1.00 e. The zero-order chi connectivity index (χ0) is 0. The Morgan fingerprint density at radius 1 is 0.750 bits per heavy atom. The quantitative estimate of drug-likeness (QED) is 0.298. The first-order valence-corrected chi connectivity index (χ1v) is 0. The molecule has 0 rings (SSSR count). The normalized spacial score (nSPS) is 0. The molecule has 0 heterocycles. The number of halogens is 3. The van der Waals surface area contributed by atoms with Crippen LogP contribution in [0.3, 0.4) is 0 Å². The molecule has 0 amide bonds. The van der Waals surface area contributed by atoms with Crippen molar-refractivity contribution in [2.24, 2.45) is 0 Å². The van der Waals surface area contributed by atoms with Crippen LogP contribution in [0.2, 0.25) is 0 Å². The zero-order valence-electron chi connectivity index (χ0n) is 1.71. The van der Waals surface area contributed by atoms with E-state index in [4.69, 9.17) is 0 Å². The molecule has 24 valence electrons. The standard InChI is InChI=1S/ClH.Ga.2HI/h1H;;2*1H/q;+3;;/p-3. The third-order valence-corrected chi connectivity index (χ3v) is 0. The van der Waals surface area contributed by atoms with Gasteiger partial charge in [-0.3, -0.25) is 0 Å². The van der Waals surface area contributed by atoms with Gasteiger partial charge in [-0.15, -0.1) is 0 Å². The molecule has 0 nitrogen and oxygen atoms in total. The average molecular weight is 359 g/mol. The van der Waals surface area contributed by atoms with Crippen molar-refractivity contribution in [2.45, 2.75) is 0 Å². The second-order valence-electron chi connectivity index (χ2n) is 0. The van der Waals surface area contributed by atoms with E-state index < -0.39 is 0 Å². The van der Waals surface area contributed by atoms with Gasteiger partial charge in [0.25, 0.3) is 0 Å². The Labute approximate surface area is 79.0 Å². The summed E-state index contributed by atoms with van der Waals surface area (Å²) in [6.07, 6.45) is 0. The van der Waals surface area contributed by atoms with E-state index in [0.29, 0.717) is 0 Å². The predicted molar refractivity (Wildman–Crippen MR) is 5.75 cm³/mol. The minimum atomic E-state index is 0. The van der Waals surface area contributed by atoms with E-state index in [1.165, 1.54) is 0 Å². The molecule has 0 spiro atoms. The van der Waals surface area contributed by atoms with E-state index in [2.05, 4.69) is 0 Å². The van der Waals surface area contributed by atoms with Crippen LogP contribution in [0.5, 0.6) is 0 Å². The molecule has 4 heteroatoms. The summed E-state index contributed by atoms with van der Waals surface area (Å²) < 4.78 is 0. The minimum absolute atomic E-state index is 0. The summed E-state index contributed by atoms with van der Waals surface area (Å²) >= 11 is 0. The fraction of sp³-hybridized carbons (Fsp3) is 0. The Balaban J connectivity index is 0. The molecule has 0 aromatic carbocycles. The molecule has 4 heavy (non-hydrogen) atoms. The molecule has 0 aliphatic carbocycles. The summed E-state index contributed by atoms with van der Waals surface area (Å²) in [6.45, 7) is 0. The van der Waals surface area contributed by atoms with Crippen LogP contribution in [0.15, 0.2) is 0 Å². The summed E-state index contributed by atoms with van der Waals surface area (Å²) in [5.74, 6) is 0. The van der Waals surface area contributed by atoms with Gasteiger partial charge in [-0.1, -0.05) is 0 Å². The third-order valence-electron chi connectivity index (χ3n) is 0. The van der Waals surface area contributed by atoms with Crippen molar-refractivity contribution in [3.05, 3.63) is 0 Å². The van der Waals surface area contributed by atoms with Crippen LogP contribution < -0.4 is 60.4 Å². The molecule has 0 fully saturated rings. The van der Waals surface area contributed by atoms with Gasteiger partial charge in [0, 0.05) is 0 Å². The van der Waals surface area contributed by atoms with Crippen molar-refractivity contribution >= 4 is 19.8 Å². The largest absolute Gasteiger partial charge is 3.00 e. The van der Waals surface area contributed by atoms with Gasteiger partial charge in [-0.05, 0) is 0 Å². The summed E-state index contributed by atoms with van der Waals surface area (Å²) in [7, 11) is 0. The maximum absolute atomic E-state index is 0. The number of hydrogen-bond donors (Lipinski definition) is 0. The van der Waals surface area contributed by atoms with Gasteiger partial charge in [-0.2, -0.15) is 0 Å². The first kappa shape index (κ1) is 32.5. The second kappa shape index (κ2) is 18.2. The van der Waals surface area contributed by atoms with Crippen molar-refractivity contribution in [2.75, 3.05) is 0 Å². The number of rotatable bonds is 0. The Morgan fingerprint density at radius 2 is 0.750 bits per heavy atom. The molecule has 0 saturated heterocycles. The van der Waals surface area contributed by atoms with E-state index in [9.17, 15) is 0 Å². The van der Waals surface area contributed by atoms with Gasteiger partial charge in [0.15, 0.2) is 0 Å². The second-order valence-corrected chi connectivity index (χ2v) is 0. The van der Waals surface area contributed by atoms with Crippen molar-refractivity contribution in [1.29, 1.82) is 0 Å². The Hall–Kier alpha value is 2.39. The molecule has 0 aromatic rings. The molecular formula is ClGaI2. The molecule has 0 aromatic heterocycles. The average Bonchev–Trinajstić information content (AvgIpc) is 0. The maximum Gasteiger partial charge on any atom is 3.00 e. The molecular weight excluding hydrogens is 359 g/mol. The zero-order valence-corrected chi connectivity index (χ0v) is 9.20. The van der Waals surface area contributed by atoms with Crippen LogP contribution in [0.25, 0.3) is 0 Å². The Kier molecular flexibility index (Phi) is 148. The fourth-order valence-electron chi connectivity index (χ4n) is 0. The van der Waals surface area contributed by atoms with E-state index in [1.807, 2.05) is 0 Å². The van der Waals surface area contributed by atoms with Crippen LogP contribution >= 0.6 is 0 Å². The van der Waals surface area contributed by atoms with Crippen LogP contribution in [0, 0.1) is 0 Å². The molecule has 0 saturated carbocycles. The van der Waals surface area contributed by atoms with Crippen LogP contribution in [-0.4, -0.2) is 19.8 Å². The fourth-order valence-corrected chi connectivity index (χ4v) is 0. The van der Waals surface area contributed by atoms with Crippen LogP contribution in [0.4, 0.5) is 0 Å². The van der Waals surface area contributed by atoms with Crippen molar-refractivity contribution in [3.8, 4) is 0 Å². The summed E-state index contributed by atoms with van der Waals surface area (Å²) in [5.41, 5.74) is 0.